The smallest absolute Gasteiger partial charge is 0.119 e. The van der Waals surface area contributed by atoms with Crippen LogP contribution in [0.5, 0.6) is 5.75 Å². The lowest BCUT2D eigenvalue weighted by Crippen LogP contribution is -2.38. The molecule has 1 saturated carbocycles. The van der Waals surface area contributed by atoms with Crippen molar-refractivity contribution in [1.82, 2.24) is 5.32 Å². The molecule has 1 aliphatic carbocycles. The normalized spacial score (nSPS) is 18.2. The average Bonchev–Trinajstić information content (AvgIpc) is 2.78. The van der Waals surface area contributed by atoms with E-state index in [9.17, 15) is 0 Å². The van der Waals surface area contributed by atoms with Crippen molar-refractivity contribution < 1.29 is 4.74 Å². The Morgan fingerprint density at radius 2 is 1.95 bits per heavy atom. The van der Waals surface area contributed by atoms with Gasteiger partial charge in [-0.3, -0.25) is 0 Å². The van der Waals surface area contributed by atoms with E-state index in [2.05, 4.69) is 40.3 Å². The number of benzene rings is 1. The van der Waals surface area contributed by atoms with Gasteiger partial charge in [0, 0.05) is 10.5 Å². The zero-order valence-electron chi connectivity index (χ0n) is 13.3. The Kier molecular flexibility index (Phi) is 7.05. The summed E-state index contributed by atoms with van der Waals surface area (Å²) in [5, 5.41) is 3.73. The molecule has 1 aromatic carbocycles. The van der Waals surface area contributed by atoms with Gasteiger partial charge in [-0.05, 0) is 55.5 Å². The summed E-state index contributed by atoms with van der Waals surface area (Å²) < 4.78 is 6.57. The second kappa shape index (κ2) is 8.79. The number of halogens is 1. The number of hydrogen-bond acceptors (Lipinski definition) is 2. The lowest BCUT2D eigenvalue weighted by Gasteiger charge is -2.27. The van der Waals surface area contributed by atoms with Crippen LogP contribution in [0.4, 0.5) is 0 Å². The van der Waals surface area contributed by atoms with Gasteiger partial charge in [-0.25, -0.2) is 0 Å². The lowest BCUT2D eigenvalue weighted by atomic mass is 9.87. The first-order valence-electron chi connectivity index (χ1n) is 8.30. The van der Waals surface area contributed by atoms with Gasteiger partial charge in [-0.15, -0.1) is 0 Å². The standard InChI is InChI=1S/C18H28BrNO/c1-3-20-18(14-8-6-4-5-7-9-14)13-15-12-16(21-2)10-11-17(15)19/h10-12,14,18,20H,3-9,13H2,1-2H3. The van der Waals surface area contributed by atoms with Crippen molar-refractivity contribution in [3.05, 3.63) is 28.2 Å². The van der Waals surface area contributed by atoms with E-state index in [0.29, 0.717) is 6.04 Å². The van der Waals surface area contributed by atoms with Gasteiger partial charge >= 0.3 is 0 Å². The molecule has 1 aliphatic rings. The summed E-state index contributed by atoms with van der Waals surface area (Å²) in [6.45, 7) is 3.26. The zero-order valence-corrected chi connectivity index (χ0v) is 14.9. The van der Waals surface area contributed by atoms with Crippen LogP contribution in [0.1, 0.15) is 51.0 Å². The molecule has 3 heteroatoms. The number of hydrogen-bond donors (Lipinski definition) is 1. The van der Waals surface area contributed by atoms with Crippen LogP contribution in [-0.4, -0.2) is 19.7 Å². The highest BCUT2D eigenvalue weighted by Crippen LogP contribution is 2.30. The van der Waals surface area contributed by atoms with Crippen LogP contribution in [0.15, 0.2) is 22.7 Å². The zero-order chi connectivity index (χ0) is 15.1. The lowest BCUT2D eigenvalue weighted by molar-refractivity contribution is 0.321. The molecule has 21 heavy (non-hydrogen) atoms. The van der Waals surface area contributed by atoms with Gasteiger partial charge in [0.25, 0.3) is 0 Å². The van der Waals surface area contributed by atoms with Crippen LogP contribution >= 0.6 is 15.9 Å². The second-order valence-electron chi connectivity index (χ2n) is 6.08. The van der Waals surface area contributed by atoms with E-state index in [-0.39, 0.29) is 0 Å². The predicted octanol–water partition coefficient (Wildman–Crippen LogP) is 4.95. The number of methoxy groups -OCH3 is 1. The Morgan fingerprint density at radius 1 is 1.24 bits per heavy atom. The van der Waals surface area contributed by atoms with Crippen LogP contribution in [-0.2, 0) is 6.42 Å². The molecule has 0 heterocycles. The Morgan fingerprint density at radius 3 is 2.57 bits per heavy atom. The molecule has 0 aromatic heterocycles. The SMILES string of the molecule is CCNC(Cc1cc(OC)ccc1Br)C1CCCCCC1. The maximum Gasteiger partial charge on any atom is 0.119 e. The maximum absolute atomic E-state index is 5.38. The predicted molar refractivity (Wildman–Crippen MR) is 93.1 cm³/mol. The van der Waals surface area contributed by atoms with Gasteiger partial charge in [-0.2, -0.15) is 0 Å². The van der Waals surface area contributed by atoms with Crippen molar-refractivity contribution in [2.75, 3.05) is 13.7 Å². The Hall–Kier alpha value is -0.540. The largest absolute Gasteiger partial charge is 0.497 e. The molecule has 1 N–H and O–H groups in total. The summed E-state index contributed by atoms with van der Waals surface area (Å²) >= 11 is 3.70. The quantitative estimate of drug-likeness (QED) is 0.730. The van der Waals surface area contributed by atoms with Crippen LogP contribution in [0.3, 0.4) is 0 Å². The monoisotopic (exact) mass is 353 g/mol. The molecule has 0 radical (unpaired) electrons. The van der Waals surface area contributed by atoms with E-state index in [1.807, 2.05) is 6.07 Å². The molecule has 1 aromatic rings. The Balaban J connectivity index is 2.11. The summed E-state index contributed by atoms with van der Waals surface area (Å²) in [7, 11) is 1.74. The van der Waals surface area contributed by atoms with Gasteiger partial charge in [-0.1, -0.05) is 48.5 Å². The molecule has 0 saturated heterocycles. The van der Waals surface area contributed by atoms with Crippen molar-refractivity contribution in [1.29, 1.82) is 0 Å². The van der Waals surface area contributed by atoms with E-state index in [4.69, 9.17) is 4.74 Å². The summed E-state index contributed by atoms with van der Waals surface area (Å²) in [6, 6.07) is 6.87. The summed E-state index contributed by atoms with van der Waals surface area (Å²) in [5.41, 5.74) is 1.35. The van der Waals surface area contributed by atoms with Gasteiger partial charge in [0.1, 0.15) is 5.75 Å². The van der Waals surface area contributed by atoms with Gasteiger partial charge in [0.2, 0.25) is 0 Å². The van der Waals surface area contributed by atoms with Crippen molar-refractivity contribution in [3.8, 4) is 5.75 Å². The summed E-state index contributed by atoms with van der Waals surface area (Å²) in [4.78, 5) is 0. The fourth-order valence-electron chi connectivity index (χ4n) is 3.45. The third kappa shape index (κ3) is 5.00. The minimum absolute atomic E-state index is 0.580. The minimum Gasteiger partial charge on any atom is -0.497 e. The molecule has 1 fully saturated rings. The molecule has 0 bridgehead atoms. The molecule has 1 atom stereocenters. The van der Waals surface area contributed by atoms with E-state index < -0.39 is 0 Å². The van der Waals surface area contributed by atoms with Crippen molar-refractivity contribution in [2.24, 2.45) is 5.92 Å². The van der Waals surface area contributed by atoms with Crippen LogP contribution in [0.2, 0.25) is 0 Å². The highest BCUT2D eigenvalue weighted by molar-refractivity contribution is 9.10. The highest BCUT2D eigenvalue weighted by Gasteiger charge is 2.23. The summed E-state index contributed by atoms with van der Waals surface area (Å²) in [6.07, 6.45) is 9.45. The van der Waals surface area contributed by atoms with Gasteiger partial charge < -0.3 is 10.1 Å². The van der Waals surface area contributed by atoms with Crippen molar-refractivity contribution in [2.45, 2.75) is 57.9 Å². The topological polar surface area (TPSA) is 21.3 Å². The maximum atomic E-state index is 5.38. The molecular formula is C18H28BrNO. The first-order valence-corrected chi connectivity index (χ1v) is 9.09. The van der Waals surface area contributed by atoms with Crippen LogP contribution < -0.4 is 10.1 Å². The van der Waals surface area contributed by atoms with E-state index >= 15 is 0 Å². The van der Waals surface area contributed by atoms with Gasteiger partial charge in [0.05, 0.1) is 7.11 Å². The Bertz CT molecular complexity index is 427. The third-order valence-electron chi connectivity index (χ3n) is 4.63. The molecule has 0 aliphatic heterocycles. The van der Waals surface area contributed by atoms with Crippen LogP contribution in [0, 0.1) is 5.92 Å². The molecular weight excluding hydrogens is 326 g/mol. The number of likely N-dealkylation sites (N-methyl/N-ethyl adjacent to an activating group) is 1. The molecule has 0 amide bonds. The van der Waals surface area contributed by atoms with E-state index in [0.717, 1.165) is 24.6 Å². The number of nitrogens with one attached hydrogen (secondary N) is 1. The third-order valence-corrected chi connectivity index (χ3v) is 5.40. The Labute approximate surface area is 137 Å². The molecule has 2 rings (SSSR count). The fraction of sp³-hybridized carbons (Fsp3) is 0.667. The average molecular weight is 354 g/mol. The minimum atomic E-state index is 0.580. The first-order chi connectivity index (χ1) is 10.2. The molecule has 1 unspecified atom stereocenters. The summed E-state index contributed by atoms with van der Waals surface area (Å²) in [5.74, 6) is 1.76. The van der Waals surface area contributed by atoms with E-state index in [1.165, 1.54) is 48.6 Å². The molecule has 0 spiro atoms. The first kappa shape index (κ1) is 16.8. The van der Waals surface area contributed by atoms with Crippen molar-refractivity contribution in [3.63, 3.8) is 0 Å². The fourth-order valence-corrected chi connectivity index (χ4v) is 3.86. The van der Waals surface area contributed by atoms with Crippen molar-refractivity contribution >= 4 is 15.9 Å². The molecule has 2 nitrogen and oxygen atoms in total. The molecule has 118 valence electrons. The highest BCUT2D eigenvalue weighted by atomic mass is 79.9. The van der Waals surface area contributed by atoms with E-state index in [1.54, 1.807) is 7.11 Å². The van der Waals surface area contributed by atoms with Crippen LogP contribution in [0.25, 0.3) is 0 Å². The number of ether oxygens (including phenoxy) is 1. The second-order valence-corrected chi connectivity index (χ2v) is 6.93. The van der Waals surface area contributed by atoms with Gasteiger partial charge in [0.15, 0.2) is 0 Å². The number of rotatable bonds is 6.